The molecule has 3 nitrogen and oxygen atoms in total. The molecule has 1 fully saturated rings. The first-order chi connectivity index (χ1) is 10.3. The minimum atomic E-state index is 0.842. The number of nitrogen functional groups attached to an aromatic ring is 1. The van der Waals surface area contributed by atoms with Gasteiger partial charge in [0, 0.05) is 47.6 Å². The van der Waals surface area contributed by atoms with E-state index < -0.39 is 0 Å². The third-order valence-corrected chi connectivity index (χ3v) is 4.71. The van der Waals surface area contributed by atoms with Gasteiger partial charge in [-0.05, 0) is 43.4 Å². The molecule has 2 N–H and O–H groups in total. The first kappa shape index (κ1) is 14.2. The zero-order valence-corrected chi connectivity index (χ0v) is 12.9. The first-order valence-electron chi connectivity index (χ1n) is 8.16. The fraction of sp³-hybridized carbons (Fsp3) is 0.500. The second-order valence-corrected chi connectivity index (χ2v) is 6.17. The lowest BCUT2D eigenvalue weighted by molar-refractivity contribution is 0.435. The van der Waals surface area contributed by atoms with Crippen LogP contribution in [0.1, 0.15) is 39.0 Å². The lowest BCUT2D eigenvalue weighted by atomic mass is 9.96. The highest BCUT2D eigenvalue weighted by molar-refractivity contribution is 6.00. The summed E-state index contributed by atoms with van der Waals surface area (Å²) in [5, 5.41) is 2.31. The molecule has 0 radical (unpaired) electrons. The molecule has 1 unspecified atom stereocenters. The molecule has 0 spiro atoms. The van der Waals surface area contributed by atoms with Gasteiger partial charge in [0.2, 0.25) is 0 Å². The van der Waals surface area contributed by atoms with Crippen LogP contribution in [-0.2, 0) is 0 Å². The van der Waals surface area contributed by atoms with Gasteiger partial charge in [0.1, 0.15) is 0 Å². The number of nitrogens with zero attached hydrogens (tertiary/aromatic N) is 2. The Labute approximate surface area is 127 Å². The average Bonchev–Trinajstić information content (AvgIpc) is 2.74. The van der Waals surface area contributed by atoms with Crippen LogP contribution in [0.3, 0.4) is 0 Å². The van der Waals surface area contributed by atoms with Gasteiger partial charge >= 0.3 is 0 Å². The van der Waals surface area contributed by atoms with Crippen molar-refractivity contribution in [3.63, 3.8) is 0 Å². The van der Waals surface area contributed by atoms with E-state index in [1.54, 1.807) is 0 Å². The summed E-state index contributed by atoms with van der Waals surface area (Å²) in [5.74, 6) is 0.901. The number of anilines is 2. The molecule has 1 atom stereocenters. The lowest BCUT2D eigenvalue weighted by Crippen LogP contribution is -2.24. The number of nitrogens with two attached hydrogens (primary N) is 1. The van der Waals surface area contributed by atoms with Gasteiger partial charge in [0.15, 0.2) is 0 Å². The van der Waals surface area contributed by atoms with Crippen LogP contribution in [0, 0.1) is 5.92 Å². The Kier molecular flexibility index (Phi) is 4.28. The monoisotopic (exact) mass is 283 g/mol. The molecule has 2 aromatic rings. The Balaban J connectivity index is 1.88. The summed E-state index contributed by atoms with van der Waals surface area (Å²) in [6.07, 6.45) is 10.4. The second kappa shape index (κ2) is 6.33. The van der Waals surface area contributed by atoms with E-state index in [9.17, 15) is 0 Å². The predicted octanol–water partition coefficient (Wildman–Crippen LogP) is 4.22. The minimum Gasteiger partial charge on any atom is -0.398 e. The topological polar surface area (TPSA) is 42.1 Å². The van der Waals surface area contributed by atoms with Gasteiger partial charge in [-0.15, -0.1) is 0 Å². The standard InChI is InChI=1S/C18H25N3/c1-2-4-14-5-3-11-21(12-9-14)18-7-6-17(19)15-8-10-20-13-16(15)18/h6-8,10,13-14H,2-5,9,11-12,19H2,1H3. The smallest absolute Gasteiger partial charge is 0.0463 e. The SMILES string of the molecule is CCCC1CCCN(c2ccc(N)c3ccncc23)CC1. The molecule has 21 heavy (non-hydrogen) atoms. The summed E-state index contributed by atoms with van der Waals surface area (Å²) < 4.78 is 0. The summed E-state index contributed by atoms with van der Waals surface area (Å²) in [6.45, 7) is 4.59. The summed E-state index contributed by atoms with van der Waals surface area (Å²) in [6, 6.07) is 6.22. The third-order valence-electron chi connectivity index (χ3n) is 4.71. The molecule has 1 aliphatic heterocycles. The molecule has 1 aliphatic rings. The molecule has 1 aromatic heterocycles. The maximum atomic E-state index is 6.10. The van der Waals surface area contributed by atoms with Gasteiger partial charge in [-0.3, -0.25) is 4.98 Å². The number of benzene rings is 1. The first-order valence-corrected chi connectivity index (χ1v) is 8.16. The Bertz CT molecular complexity index is 608. The van der Waals surface area contributed by atoms with Crippen LogP contribution >= 0.6 is 0 Å². The van der Waals surface area contributed by atoms with Gasteiger partial charge in [-0.25, -0.2) is 0 Å². The molecular weight excluding hydrogens is 258 g/mol. The minimum absolute atomic E-state index is 0.842. The number of hydrogen-bond donors (Lipinski definition) is 1. The molecule has 0 bridgehead atoms. The van der Waals surface area contributed by atoms with Crippen molar-refractivity contribution in [1.82, 2.24) is 4.98 Å². The number of aromatic nitrogens is 1. The van der Waals surface area contributed by atoms with E-state index in [0.717, 1.165) is 30.1 Å². The molecule has 3 heteroatoms. The van der Waals surface area contributed by atoms with Crippen LogP contribution in [0.15, 0.2) is 30.6 Å². The zero-order chi connectivity index (χ0) is 14.7. The normalized spacial score (nSPS) is 19.7. The van der Waals surface area contributed by atoms with Crippen molar-refractivity contribution >= 4 is 22.1 Å². The molecule has 0 saturated carbocycles. The van der Waals surface area contributed by atoms with Gasteiger partial charge in [0.05, 0.1) is 0 Å². The Morgan fingerprint density at radius 2 is 2.10 bits per heavy atom. The molecule has 2 heterocycles. The zero-order valence-electron chi connectivity index (χ0n) is 12.9. The van der Waals surface area contributed by atoms with Crippen LogP contribution < -0.4 is 10.6 Å². The summed E-state index contributed by atoms with van der Waals surface area (Å²) in [5.41, 5.74) is 8.24. The molecule has 0 amide bonds. The number of fused-ring (bicyclic) bond motifs is 1. The highest BCUT2D eigenvalue weighted by atomic mass is 15.1. The summed E-state index contributed by atoms with van der Waals surface area (Å²) in [7, 11) is 0. The molecule has 1 aromatic carbocycles. The number of hydrogen-bond acceptors (Lipinski definition) is 3. The van der Waals surface area contributed by atoms with Crippen LogP contribution in [-0.4, -0.2) is 18.1 Å². The quantitative estimate of drug-likeness (QED) is 0.857. The van der Waals surface area contributed by atoms with Crippen molar-refractivity contribution in [2.45, 2.75) is 39.0 Å². The maximum absolute atomic E-state index is 6.10. The fourth-order valence-corrected chi connectivity index (χ4v) is 3.58. The van der Waals surface area contributed by atoms with E-state index in [1.165, 1.54) is 43.2 Å². The second-order valence-electron chi connectivity index (χ2n) is 6.17. The predicted molar refractivity (Wildman–Crippen MR) is 90.6 cm³/mol. The Morgan fingerprint density at radius 3 is 2.95 bits per heavy atom. The van der Waals surface area contributed by atoms with E-state index in [4.69, 9.17) is 5.73 Å². The van der Waals surface area contributed by atoms with Crippen molar-refractivity contribution in [2.24, 2.45) is 5.92 Å². The average molecular weight is 283 g/mol. The van der Waals surface area contributed by atoms with Crippen LogP contribution in [0.2, 0.25) is 0 Å². The Morgan fingerprint density at radius 1 is 1.19 bits per heavy atom. The van der Waals surface area contributed by atoms with E-state index in [0.29, 0.717) is 0 Å². The van der Waals surface area contributed by atoms with Crippen molar-refractivity contribution in [3.05, 3.63) is 30.6 Å². The van der Waals surface area contributed by atoms with Gasteiger partial charge in [0.25, 0.3) is 0 Å². The van der Waals surface area contributed by atoms with Crippen molar-refractivity contribution in [3.8, 4) is 0 Å². The number of pyridine rings is 1. The third kappa shape index (κ3) is 2.97. The molecule has 1 saturated heterocycles. The maximum Gasteiger partial charge on any atom is 0.0463 e. The largest absolute Gasteiger partial charge is 0.398 e. The summed E-state index contributed by atoms with van der Waals surface area (Å²) in [4.78, 5) is 6.82. The fourth-order valence-electron chi connectivity index (χ4n) is 3.58. The number of rotatable bonds is 3. The van der Waals surface area contributed by atoms with Gasteiger partial charge < -0.3 is 10.6 Å². The van der Waals surface area contributed by atoms with Gasteiger partial charge in [-0.1, -0.05) is 19.8 Å². The summed E-state index contributed by atoms with van der Waals surface area (Å²) >= 11 is 0. The van der Waals surface area contributed by atoms with E-state index in [-0.39, 0.29) is 0 Å². The van der Waals surface area contributed by atoms with E-state index >= 15 is 0 Å². The lowest BCUT2D eigenvalue weighted by Gasteiger charge is -2.25. The molecular formula is C18H25N3. The van der Waals surface area contributed by atoms with Gasteiger partial charge in [-0.2, -0.15) is 0 Å². The highest BCUT2D eigenvalue weighted by Gasteiger charge is 2.18. The van der Waals surface area contributed by atoms with Crippen molar-refractivity contribution < 1.29 is 0 Å². The molecule has 3 rings (SSSR count). The van der Waals surface area contributed by atoms with Crippen molar-refractivity contribution in [2.75, 3.05) is 23.7 Å². The van der Waals surface area contributed by atoms with E-state index in [2.05, 4.69) is 22.9 Å². The van der Waals surface area contributed by atoms with Crippen molar-refractivity contribution in [1.29, 1.82) is 0 Å². The molecule has 0 aliphatic carbocycles. The highest BCUT2D eigenvalue weighted by Crippen LogP contribution is 2.32. The Hall–Kier alpha value is -1.77. The molecule has 112 valence electrons. The van der Waals surface area contributed by atoms with Crippen LogP contribution in [0.25, 0.3) is 10.8 Å². The van der Waals surface area contributed by atoms with Crippen LogP contribution in [0.5, 0.6) is 0 Å². The van der Waals surface area contributed by atoms with Crippen LogP contribution in [0.4, 0.5) is 11.4 Å². The van der Waals surface area contributed by atoms with E-state index in [1.807, 2.05) is 24.5 Å².